The Balaban J connectivity index is 1.56. The van der Waals surface area contributed by atoms with E-state index in [2.05, 4.69) is 20.1 Å². The molecule has 0 unspecified atom stereocenters. The normalized spacial score (nSPS) is 20.6. The lowest BCUT2D eigenvalue weighted by molar-refractivity contribution is 0.0726. The first-order valence-electron chi connectivity index (χ1n) is 10.1. The average Bonchev–Trinajstić information content (AvgIpc) is 3.31. The fourth-order valence-corrected chi connectivity index (χ4v) is 3.98. The van der Waals surface area contributed by atoms with Crippen molar-refractivity contribution < 1.29 is 9.53 Å². The number of ether oxygens (including phenoxy) is 1. The molecular formula is C19H30N6O2. The number of likely N-dealkylation sites (tertiary alicyclic amines) is 1. The van der Waals surface area contributed by atoms with Crippen LogP contribution in [0.25, 0.3) is 0 Å². The van der Waals surface area contributed by atoms with Crippen LogP contribution < -0.4 is 10.2 Å². The molecule has 0 saturated carbocycles. The summed E-state index contributed by atoms with van der Waals surface area (Å²) in [6.45, 7) is 11.7. The van der Waals surface area contributed by atoms with Crippen LogP contribution in [0.1, 0.15) is 42.7 Å². The maximum Gasteiger partial charge on any atom is 0.273 e. The molecular weight excluding hydrogens is 344 g/mol. The van der Waals surface area contributed by atoms with Crippen LogP contribution in [0.15, 0.2) is 0 Å². The molecule has 1 N–H and O–H groups in total. The molecule has 27 heavy (non-hydrogen) atoms. The first kappa shape index (κ1) is 18.4. The van der Waals surface area contributed by atoms with Crippen molar-refractivity contribution in [2.45, 2.75) is 39.3 Å². The van der Waals surface area contributed by atoms with Gasteiger partial charge >= 0.3 is 0 Å². The molecule has 1 aromatic heterocycles. The molecule has 1 aromatic rings. The molecule has 8 nitrogen and oxygen atoms in total. The summed E-state index contributed by atoms with van der Waals surface area (Å²) in [6, 6.07) is 0.149. The van der Waals surface area contributed by atoms with Gasteiger partial charge in [0.25, 0.3) is 5.91 Å². The second kappa shape index (κ2) is 7.98. The van der Waals surface area contributed by atoms with Gasteiger partial charge < -0.3 is 24.8 Å². The van der Waals surface area contributed by atoms with Crippen molar-refractivity contribution in [3.05, 3.63) is 11.3 Å². The number of carbonyl (C=O) groups is 1. The first-order valence-corrected chi connectivity index (χ1v) is 10.1. The SMILES string of the molecule is CC(C)N1Cc2c(NCCN3CCCC3)nc(N3CCOCC3)nc2C1=O. The van der Waals surface area contributed by atoms with Crippen LogP contribution in [0.4, 0.5) is 11.8 Å². The maximum atomic E-state index is 12.9. The first-order chi connectivity index (χ1) is 13.1. The Morgan fingerprint density at radius 1 is 1.11 bits per heavy atom. The maximum absolute atomic E-state index is 12.9. The molecule has 1 amide bonds. The van der Waals surface area contributed by atoms with E-state index in [9.17, 15) is 4.79 Å². The zero-order valence-corrected chi connectivity index (χ0v) is 16.4. The predicted molar refractivity (Wildman–Crippen MR) is 104 cm³/mol. The second-order valence-corrected chi connectivity index (χ2v) is 7.80. The van der Waals surface area contributed by atoms with E-state index < -0.39 is 0 Å². The quantitative estimate of drug-likeness (QED) is 0.802. The van der Waals surface area contributed by atoms with Gasteiger partial charge in [-0.25, -0.2) is 4.98 Å². The minimum atomic E-state index is 0.0134. The Bertz CT molecular complexity index is 683. The van der Waals surface area contributed by atoms with Crippen LogP contribution in [0.5, 0.6) is 0 Å². The summed E-state index contributed by atoms with van der Waals surface area (Å²) in [5, 5.41) is 3.50. The highest BCUT2D eigenvalue weighted by atomic mass is 16.5. The van der Waals surface area contributed by atoms with Crippen LogP contribution >= 0.6 is 0 Å². The largest absolute Gasteiger partial charge is 0.378 e. The molecule has 0 radical (unpaired) electrons. The topological polar surface area (TPSA) is 73.8 Å². The molecule has 8 heteroatoms. The van der Waals surface area contributed by atoms with E-state index in [0.29, 0.717) is 31.4 Å². The summed E-state index contributed by atoms with van der Waals surface area (Å²) in [7, 11) is 0. The van der Waals surface area contributed by atoms with Crippen LogP contribution in [-0.4, -0.2) is 84.2 Å². The number of hydrogen-bond acceptors (Lipinski definition) is 7. The molecule has 0 spiro atoms. The highest BCUT2D eigenvalue weighted by Crippen LogP contribution is 2.30. The van der Waals surface area contributed by atoms with Crippen LogP contribution in [0, 0.1) is 0 Å². The van der Waals surface area contributed by atoms with Crippen molar-refractivity contribution in [3.63, 3.8) is 0 Å². The number of anilines is 2. The third-order valence-electron chi connectivity index (χ3n) is 5.62. The second-order valence-electron chi connectivity index (χ2n) is 7.80. The molecule has 0 bridgehead atoms. The third-order valence-corrected chi connectivity index (χ3v) is 5.62. The highest BCUT2D eigenvalue weighted by Gasteiger charge is 2.34. The van der Waals surface area contributed by atoms with Gasteiger partial charge in [-0.3, -0.25) is 4.79 Å². The number of rotatable bonds is 6. The zero-order valence-electron chi connectivity index (χ0n) is 16.4. The number of nitrogens with one attached hydrogen (secondary N) is 1. The number of aromatic nitrogens is 2. The van der Waals surface area contributed by atoms with E-state index in [1.807, 2.05) is 18.7 Å². The molecule has 3 aliphatic rings. The Hall–Kier alpha value is -1.93. The van der Waals surface area contributed by atoms with Gasteiger partial charge in [0.1, 0.15) is 11.5 Å². The fourth-order valence-electron chi connectivity index (χ4n) is 3.98. The molecule has 4 heterocycles. The van der Waals surface area contributed by atoms with Gasteiger partial charge in [0.15, 0.2) is 0 Å². The number of fused-ring (bicyclic) bond motifs is 1. The Morgan fingerprint density at radius 2 is 1.85 bits per heavy atom. The lowest BCUT2D eigenvalue weighted by Crippen LogP contribution is -2.38. The van der Waals surface area contributed by atoms with Crippen molar-refractivity contribution in [2.24, 2.45) is 0 Å². The Kier molecular flexibility index (Phi) is 5.45. The van der Waals surface area contributed by atoms with Gasteiger partial charge in [-0.05, 0) is 39.8 Å². The van der Waals surface area contributed by atoms with Crippen molar-refractivity contribution in [1.82, 2.24) is 19.8 Å². The van der Waals surface area contributed by atoms with Crippen LogP contribution in [0.2, 0.25) is 0 Å². The third kappa shape index (κ3) is 3.87. The Labute approximate surface area is 160 Å². The summed E-state index contributed by atoms with van der Waals surface area (Å²) < 4.78 is 5.44. The van der Waals surface area contributed by atoms with Crippen molar-refractivity contribution in [1.29, 1.82) is 0 Å². The molecule has 4 rings (SSSR count). The monoisotopic (exact) mass is 374 g/mol. The lowest BCUT2D eigenvalue weighted by atomic mass is 10.2. The van der Waals surface area contributed by atoms with Gasteiger partial charge in [0.05, 0.1) is 19.8 Å². The summed E-state index contributed by atoms with van der Waals surface area (Å²) in [4.78, 5) is 28.8. The molecule has 0 atom stereocenters. The van der Waals surface area contributed by atoms with Gasteiger partial charge in [0.2, 0.25) is 5.95 Å². The molecule has 0 aromatic carbocycles. The highest BCUT2D eigenvalue weighted by molar-refractivity contribution is 5.98. The summed E-state index contributed by atoms with van der Waals surface area (Å²) in [5.74, 6) is 1.47. The van der Waals surface area contributed by atoms with Crippen LogP contribution in [-0.2, 0) is 11.3 Å². The van der Waals surface area contributed by atoms with Gasteiger partial charge in [0, 0.05) is 37.8 Å². The smallest absolute Gasteiger partial charge is 0.273 e. The Morgan fingerprint density at radius 3 is 2.56 bits per heavy atom. The number of morpholine rings is 1. The number of nitrogens with zero attached hydrogens (tertiary/aromatic N) is 5. The summed E-state index contributed by atoms with van der Waals surface area (Å²) >= 11 is 0. The van der Waals surface area contributed by atoms with E-state index in [0.717, 1.165) is 37.6 Å². The van der Waals surface area contributed by atoms with Crippen molar-refractivity contribution in [3.8, 4) is 0 Å². The molecule has 2 saturated heterocycles. The minimum absolute atomic E-state index is 0.0134. The van der Waals surface area contributed by atoms with Crippen molar-refractivity contribution >= 4 is 17.7 Å². The zero-order chi connectivity index (χ0) is 18.8. The van der Waals surface area contributed by atoms with E-state index in [1.54, 1.807) is 0 Å². The number of hydrogen-bond donors (Lipinski definition) is 1. The standard InChI is InChI=1S/C19H30N6O2/c1-14(2)25-13-15-16(18(25)26)21-19(24-9-11-27-12-10-24)22-17(15)20-5-8-23-6-3-4-7-23/h14H,3-13H2,1-2H3,(H,20,21,22). The summed E-state index contributed by atoms with van der Waals surface area (Å²) in [6.07, 6.45) is 2.59. The summed E-state index contributed by atoms with van der Waals surface area (Å²) in [5.41, 5.74) is 1.50. The van der Waals surface area contributed by atoms with Crippen molar-refractivity contribution in [2.75, 3.05) is 62.7 Å². The molecule has 2 fully saturated rings. The van der Waals surface area contributed by atoms with Gasteiger partial charge in [-0.1, -0.05) is 0 Å². The van der Waals surface area contributed by atoms with Gasteiger partial charge in [-0.15, -0.1) is 0 Å². The minimum Gasteiger partial charge on any atom is -0.378 e. The molecule has 0 aliphatic carbocycles. The van der Waals surface area contributed by atoms with E-state index in [4.69, 9.17) is 9.72 Å². The molecule has 148 valence electrons. The lowest BCUT2D eigenvalue weighted by Gasteiger charge is -2.27. The van der Waals surface area contributed by atoms with Gasteiger partial charge in [-0.2, -0.15) is 4.98 Å². The average molecular weight is 374 g/mol. The fraction of sp³-hybridized carbons (Fsp3) is 0.737. The van der Waals surface area contributed by atoms with E-state index in [1.165, 1.54) is 25.9 Å². The molecule has 3 aliphatic heterocycles. The van der Waals surface area contributed by atoms with E-state index >= 15 is 0 Å². The van der Waals surface area contributed by atoms with Crippen LogP contribution in [0.3, 0.4) is 0 Å². The predicted octanol–water partition coefficient (Wildman–Crippen LogP) is 1.19. The van der Waals surface area contributed by atoms with E-state index in [-0.39, 0.29) is 11.9 Å². The number of amides is 1. The number of carbonyl (C=O) groups excluding carboxylic acids is 1.